The lowest BCUT2D eigenvalue weighted by Gasteiger charge is -2.04. The van der Waals surface area contributed by atoms with Gasteiger partial charge in [-0.2, -0.15) is 0 Å². The van der Waals surface area contributed by atoms with E-state index in [0.29, 0.717) is 5.69 Å². The monoisotopic (exact) mass is 187 g/mol. The third-order valence-corrected chi connectivity index (χ3v) is 2.24. The van der Waals surface area contributed by atoms with Crippen LogP contribution in [0.5, 0.6) is 5.75 Å². The lowest BCUT2D eigenvalue weighted by molar-refractivity contribution is 0.476. The van der Waals surface area contributed by atoms with E-state index in [9.17, 15) is 10.0 Å². The quantitative estimate of drug-likeness (QED) is 0.696. The number of nitroso groups, excluding NO2 is 1. The van der Waals surface area contributed by atoms with Crippen molar-refractivity contribution in [3.05, 3.63) is 40.8 Å². The Kier molecular flexibility index (Phi) is 1.93. The molecule has 0 aliphatic rings. The maximum absolute atomic E-state index is 10.5. The van der Waals surface area contributed by atoms with Gasteiger partial charge in [-0.05, 0) is 41.2 Å². The average Bonchev–Trinajstić information content (AvgIpc) is 2.16. The molecule has 0 aliphatic heterocycles. The van der Waals surface area contributed by atoms with Crippen LogP contribution in [-0.2, 0) is 0 Å². The molecule has 0 amide bonds. The van der Waals surface area contributed by atoms with Gasteiger partial charge in [-0.25, -0.2) is 0 Å². The number of hydrogen-bond donors (Lipinski definition) is 1. The van der Waals surface area contributed by atoms with E-state index in [2.05, 4.69) is 5.18 Å². The summed E-state index contributed by atoms with van der Waals surface area (Å²) in [5.41, 5.74) is 1.27. The molecule has 2 rings (SSSR count). The lowest BCUT2D eigenvalue weighted by atomic mass is 10.0. The van der Waals surface area contributed by atoms with Gasteiger partial charge in [-0.1, -0.05) is 12.1 Å². The molecule has 0 heterocycles. The van der Waals surface area contributed by atoms with Gasteiger partial charge in [0.05, 0.1) is 0 Å². The molecule has 0 aliphatic carbocycles. The number of phenols is 1. The molecule has 0 bridgehead atoms. The molecular formula is C11H9NO2. The molecule has 3 nitrogen and oxygen atoms in total. The molecule has 0 unspecified atom stereocenters. The number of fused-ring (bicyclic) bond motifs is 1. The predicted molar refractivity (Wildman–Crippen MR) is 55.8 cm³/mol. The molecule has 0 atom stereocenters. The Labute approximate surface area is 81.0 Å². The van der Waals surface area contributed by atoms with Crippen LogP contribution in [0.2, 0.25) is 0 Å². The first-order valence-corrected chi connectivity index (χ1v) is 4.28. The van der Waals surface area contributed by atoms with Gasteiger partial charge < -0.3 is 5.11 Å². The van der Waals surface area contributed by atoms with Crippen molar-refractivity contribution in [3.8, 4) is 5.75 Å². The first-order valence-electron chi connectivity index (χ1n) is 4.28. The number of aryl methyl sites for hydroxylation is 1. The van der Waals surface area contributed by atoms with Gasteiger partial charge in [-0.3, -0.25) is 0 Å². The van der Waals surface area contributed by atoms with E-state index in [4.69, 9.17) is 0 Å². The molecule has 2 aromatic carbocycles. The zero-order valence-electron chi connectivity index (χ0n) is 7.69. The Balaban J connectivity index is 2.93. The van der Waals surface area contributed by atoms with Crippen LogP contribution in [0.15, 0.2) is 35.5 Å². The minimum Gasteiger partial charge on any atom is -0.508 e. The van der Waals surface area contributed by atoms with E-state index in [1.54, 1.807) is 24.3 Å². The Bertz CT molecular complexity index is 506. The lowest BCUT2D eigenvalue weighted by Crippen LogP contribution is -1.79. The molecule has 0 saturated carbocycles. The Morgan fingerprint density at radius 3 is 2.79 bits per heavy atom. The largest absolute Gasteiger partial charge is 0.508 e. The van der Waals surface area contributed by atoms with Crippen molar-refractivity contribution in [2.75, 3.05) is 0 Å². The van der Waals surface area contributed by atoms with Crippen LogP contribution < -0.4 is 0 Å². The summed E-state index contributed by atoms with van der Waals surface area (Å²) in [5, 5.41) is 14.0. The second-order valence-corrected chi connectivity index (χ2v) is 3.23. The third kappa shape index (κ3) is 1.23. The average molecular weight is 187 g/mol. The van der Waals surface area contributed by atoms with E-state index < -0.39 is 0 Å². The minimum absolute atomic E-state index is 0.207. The minimum atomic E-state index is 0.207. The van der Waals surface area contributed by atoms with Crippen molar-refractivity contribution < 1.29 is 5.11 Å². The standard InChI is InChI=1S/C11H9NO2/c1-7-5-9(13)6-8-3-2-4-10(12-14)11(7)8/h2-6,13H,1H3. The predicted octanol–water partition coefficient (Wildman–Crippen LogP) is 3.25. The molecule has 14 heavy (non-hydrogen) atoms. The molecule has 0 aromatic heterocycles. The van der Waals surface area contributed by atoms with Crippen molar-refractivity contribution in [2.45, 2.75) is 6.92 Å². The summed E-state index contributed by atoms with van der Waals surface area (Å²) < 4.78 is 0. The Hall–Kier alpha value is -1.90. The van der Waals surface area contributed by atoms with Crippen LogP contribution in [0.3, 0.4) is 0 Å². The van der Waals surface area contributed by atoms with Crippen LogP contribution >= 0.6 is 0 Å². The molecule has 0 saturated heterocycles. The van der Waals surface area contributed by atoms with Crippen molar-refractivity contribution in [1.29, 1.82) is 0 Å². The highest BCUT2D eigenvalue weighted by molar-refractivity contribution is 5.95. The second-order valence-electron chi connectivity index (χ2n) is 3.23. The molecule has 0 radical (unpaired) electrons. The van der Waals surface area contributed by atoms with E-state index in [1.165, 1.54) is 0 Å². The zero-order valence-corrected chi connectivity index (χ0v) is 7.69. The van der Waals surface area contributed by atoms with Crippen LogP contribution in [0.25, 0.3) is 10.8 Å². The topological polar surface area (TPSA) is 49.7 Å². The van der Waals surface area contributed by atoms with Gasteiger partial charge in [-0.15, -0.1) is 4.91 Å². The van der Waals surface area contributed by atoms with Crippen molar-refractivity contribution >= 4 is 16.5 Å². The highest BCUT2D eigenvalue weighted by Gasteiger charge is 2.05. The van der Waals surface area contributed by atoms with Crippen LogP contribution in [0.1, 0.15) is 5.56 Å². The van der Waals surface area contributed by atoms with Gasteiger partial charge >= 0.3 is 0 Å². The zero-order chi connectivity index (χ0) is 10.1. The summed E-state index contributed by atoms with van der Waals surface area (Å²) in [5.74, 6) is 0.207. The molecule has 3 heteroatoms. The van der Waals surface area contributed by atoms with Crippen LogP contribution in [0, 0.1) is 11.8 Å². The van der Waals surface area contributed by atoms with Crippen molar-refractivity contribution in [3.63, 3.8) is 0 Å². The maximum Gasteiger partial charge on any atom is 0.116 e. The number of nitrogens with zero attached hydrogens (tertiary/aromatic N) is 1. The SMILES string of the molecule is Cc1cc(O)cc2cccc(N=O)c12. The summed E-state index contributed by atoms with van der Waals surface area (Å²) in [6.45, 7) is 1.84. The van der Waals surface area contributed by atoms with Gasteiger partial charge in [0.1, 0.15) is 11.4 Å². The van der Waals surface area contributed by atoms with Gasteiger partial charge in [0.2, 0.25) is 0 Å². The smallest absolute Gasteiger partial charge is 0.116 e. The van der Waals surface area contributed by atoms with Gasteiger partial charge in [0.15, 0.2) is 0 Å². The van der Waals surface area contributed by atoms with Gasteiger partial charge in [0, 0.05) is 5.39 Å². The molecule has 70 valence electrons. The normalized spacial score (nSPS) is 10.4. The summed E-state index contributed by atoms with van der Waals surface area (Å²) in [6.07, 6.45) is 0. The number of hydrogen-bond acceptors (Lipinski definition) is 3. The fourth-order valence-electron chi connectivity index (χ4n) is 1.68. The first kappa shape index (κ1) is 8.69. The van der Waals surface area contributed by atoms with E-state index in [0.717, 1.165) is 16.3 Å². The van der Waals surface area contributed by atoms with Crippen LogP contribution in [-0.4, -0.2) is 5.11 Å². The Morgan fingerprint density at radius 1 is 1.29 bits per heavy atom. The van der Waals surface area contributed by atoms with Crippen molar-refractivity contribution in [2.24, 2.45) is 5.18 Å². The molecule has 0 spiro atoms. The maximum atomic E-state index is 10.5. The van der Waals surface area contributed by atoms with E-state index in [-0.39, 0.29) is 5.75 Å². The highest BCUT2D eigenvalue weighted by Crippen LogP contribution is 2.31. The summed E-state index contributed by atoms with van der Waals surface area (Å²) >= 11 is 0. The highest BCUT2D eigenvalue weighted by atomic mass is 16.3. The van der Waals surface area contributed by atoms with Crippen LogP contribution in [0.4, 0.5) is 5.69 Å². The summed E-state index contributed by atoms with van der Waals surface area (Å²) in [6, 6.07) is 8.50. The number of rotatable bonds is 1. The van der Waals surface area contributed by atoms with Gasteiger partial charge in [0.25, 0.3) is 0 Å². The molecule has 0 fully saturated rings. The first-order chi connectivity index (χ1) is 6.72. The van der Waals surface area contributed by atoms with E-state index in [1.807, 2.05) is 13.0 Å². The molecule has 1 N–H and O–H groups in total. The molecule has 2 aromatic rings. The van der Waals surface area contributed by atoms with E-state index >= 15 is 0 Å². The number of aromatic hydroxyl groups is 1. The summed E-state index contributed by atoms with van der Waals surface area (Å²) in [7, 11) is 0. The van der Waals surface area contributed by atoms with Crippen molar-refractivity contribution in [1.82, 2.24) is 0 Å². The third-order valence-electron chi connectivity index (χ3n) is 2.24. The fourth-order valence-corrected chi connectivity index (χ4v) is 1.68. The Morgan fingerprint density at radius 2 is 2.07 bits per heavy atom. The molecular weight excluding hydrogens is 178 g/mol. The second kappa shape index (κ2) is 3.10. The number of phenolic OH excluding ortho intramolecular Hbond substituents is 1. The number of benzene rings is 2. The summed E-state index contributed by atoms with van der Waals surface area (Å²) in [4.78, 5) is 10.5. The fraction of sp³-hybridized carbons (Fsp3) is 0.0909.